The fourth-order valence-corrected chi connectivity index (χ4v) is 2.62. The molecule has 86 valence electrons. The van der Waals surface area contributed by atoms with Crippen LogP contribution in [0.5, 0.6) is 5.75 Å². The summed E-state index contributed by atoms with van der Waals surface area (Å²) >= 11 is 0. The Balaban J connectivity index is 2.00. The summed E-state index contributed by atoms with van der Waals surface area (Å²) in [6.45, 7) is 6.19. The van der Waals surface area contributed by atoms with Crippen molar-refractivity contribution in [2.45, 2.75) is 19.4 Å². The first-order valence-corrected chi connectivity index (χ1v) is 6.05. The molecule has 0 unspecified atom stereocenters. The number of hydrogen-bond donors (Lipinski definition) is 1. The summed E-state index contributed by atoms with van der Waals surface area (Å²) in [6, 6.07) is 7.12. The number of aryl methyl sites for hydroxylation is 1. The average molecular weight is 218 g/mol. The molecule has 0 aromatic heterocycles. The quantitative estimate of drug-likeness (QED) is 0.715. The van der Waals surface area contributed by atoms with Gasteiger partial charge < -0.3 is 15.0 Å². The van der Waals surface area contributed by atoms with Crippen molar-refractivity contribution in [2.75, 3.05) is 31.1 Å². The fourth-order valence-electron chi connectivity index (χ4n) is 2.62. The maximum Gasteiger partial charge on any atom is 0.142 e. The van der Waals surface area contributed by atoms with Crippen LogP contribution in [0, 0.1) is 6.92 Å². The van der Waals surface area contributed by atoms with Gasteiger partial charge in [0.1, 0.15) is 5.75 Å². The standard InChI is InChI=1S/C13H18N2O/c1-10-2-3-12-13(8-10)16-7-4-11-9-14-5-6-15(11)12/h2-3,8,11,14H,4-7,9H2,1H3/t11-/m0/s1. The third kappa shape index (κ3) is 1.65. The first-order valence-electron chi connectivity index (χ1n) is 6.05. The van der Waals surface area contributed by atoms with Crippen molar-refractivity contribution >= 4 is 5.69 Å². The number of piperazine rings is 1. The largest absolute Gasteiger partial charge is 0.491 e. The van der Waals surface area contributed by atoms with E-state index in [1.165, 1.54) is 11.3 Å². The van der Waals surface area contributed by atoms with Gasteiger partial charge in [0.15, 0.2) is 0 Å². The van der Waals surface area contributed by atoms with E-state index in [9.17, 15) is 0 Å². The lowest BCUT2D eigenvalue weighted by atomic mass is 10.1. The highest BCUT2D eigenvalue weighted by atomic mass is 16.5. The zero-order chi connectivity index (χ0) is 11.0. The number of nitrogens with zero attached hydrogens (tertiary/aromatic N) is 1. The Kier molecular flexibility index (Phi) is 2.48. The topological polar surface area (TPSA) is 24.5 Å². The number of benzene rings is 1. The third-order valence-corrected chi connectivity index (χ3v) is 3.48. The van der Waals surface area contributed by atoms with Gasteiger partial charge in [0.2, 0.25) is 0 Å². The first kappa shape index (κ1) is 9.97. The number of nitrogens with one attached hydrogen (secondary N) is 1. The lowest BCUT2D eigenvalue weighted by Gasteiger charge is -2.36. The van der Waals surface area contributed by atoms with Gasteiger partial charge >= 0.3 is 0 Å². The molecule has 1 aromatic rings. The molecule has 0 amide bonds. The van der Waals surface area contributed by atoms with Crippen LogP contribution in [-0.4, -0.2) is 32.3 Å². The minimum atomic E-state index is 0.595. The van der Waals surface area contributed by atoms with Gasteiger partial charge in [0.25, 0.3) is 0 Å². The lowest BCUT2D eigenvalue weighted by Crippen LogP contribution is -2.51. The fraction of sp³-hybridized carbons (Fsp3) is 0.538. The Labute approximate surface area is 96.4 Å². The summed E-state index contributed by atoms with van der Waals surface area (Å²) in [5.41, 5.74) is 2.54. The maximum absolute atomic E-state index is 5.85. The van der Waals surface area contributed by atoms with E-state index in [4.69, 9.17) is 4.74 Å². The van der Waals surface area contributed by atoms with Crippen LogP contribution < -0.4 is 15.0 Å². The summed E-state index contributed by atoms with van der Waals surface area (Å²) in [7, 11) is 0. The van der Waals surface area contributed by atoms with Gasteiger partial charge in [-0.05, 0) is 24.6 Å². The van der Waals surface area contributed by atoms with Crippen molar-refractivity contribution in [1.82, 2.24) is 5.32 Å². The number of anilines is 1. The zero-order valence-corrected chi connectivity index (χ0v) is 9.70. The van der Waals surface area contributed by atoms with E-state index in [-0.39, 0.29) is 0 Å². The molecule has 3 heteroatoms. The van der Waals surface area contributed by atoms with Crippen molar-refractivity contribution in [3.8, 4) is 5.75 Å². The summed E-state index contributed by atoms with van der Waals surface area (Å²) in [5.74, 6) is 1.06. The normalized spacial score (nSPS) is 24.1. The molecule has 2 aliphatic heterocycles. The molecule has 0 spiro atoms. The van der Waals surface area contributed by atoms with Gasteiger partial charge in [-0.1, -0.05) is 6.07 Å². The van der Waals surface area contributed by atoms with Gasteiger partial charge in [0, 0.05) is 32.1 Å². The predicted octanol–water partition coefficient (Wildman–Crippen LogP) is 1.56. The van der Waals surface area contributed by atoms with Gasteiger partial charge in [-0.25, -0.2) is 0 Å². The monoisotopic (exact) mass is 218 g/mol. The molecule has 0 radical (unpaired) electrons. The number of ether oxygens (including phenoxy) is 1. The summed E-state index contributed by atoms with van der Waals surface area (Å²) in [6.07, 6.45) is 1.11. The Bertz CT molecular complexity index is 392. The number of rotatable bonds is 0. The van der Waals surface area contributed by atoms with Crippen molar-refractivity contribution < 1.29 is 4.74 Å². The first-order chi connectivity index (χ1) is 7.84. The molecule has 0 aliphatic carbocycles. The second-order valence-electron chi connectivity index (χ2n) is 4.66. The van der Waals surface area contributed by atoms with E-state index < -0.39 is 0 Å². The minimum Gasteiger partial charge on any atom is -0.491 e. The van der Waals surface area contributed by atoms with Gasteiger partial charge in [-0.3, -0.25) is 0 Å². The predicted molar refractivity (Wildman–Crippen MR) is 65.3 cm³/mol. The van der Waals surface area contributed by atoms with Crippen LogP contribution in [0.2, 0.25) is 0 Å². The third-order valence-electron chi connectivity index (χ3n) is 3.48. The average Bonchev–Trinajstić information content (AvgIpc) is 2.47. The lowest BCUT2D eigenvalue weighted by molar-refractivity contribution is 0.303. The van der Waals surface area contributed by atoms with Gasteiger partial charge in [-0.2, -0.15) is 0 Å². The van der Waals surface area contributed by atoms with Crippen LogP contribution in [0.4, 0.5) is 5.69 Å². The molecule has 2 aliphatic rings. The number of hydrogen-bond acceptors (Lipinski definition) is 3. The second kappa shape index (κ2) is 3.98. The molecule has 1 aromatic carbocycles. The van der Waals surface area contributed by atoms with E-state index in [2.05, 4.69) is 35.3 Å². The molecule has 1 saturated heterocycles. The molecule has 3 nitrogen and oxygen atoms in total. The van der Waals surface area contributed by atoms with E-state index >= 15 is 0 Å². The summed E-state index contributed by atoms with van der Waals surface area (Å²) < 4.78 is 5.85. The van der Waals surface area contributed by atoms with Crippen molar-refractivity contribution in [1.29, 1.82) is 0 Å². The van der Waals surface area contributed by atoms with Crippen LogP contribution in [0.15, 0.2) is 18.2 Å². The van der Waals surface area contributed by atoms with Crippen molar-refractivity contribution in [2.24, 2.45) is 0 Å². The van der Waals surface area contributed by atoms with Crippen LogP contribution in [0.1, 0.15) is 12.0 Å². The van der Waals surface area contributed by atoms with Crippen LogP contribution in [0.3, 0.4) is 0 Å². The van der Waals surface area contributed by atoms with Crippen molar-refractivity contribution in [3.63, 3.8) is 0 Å². The number of fused-ring (bicyclic) bond motifs is 3. The van der Waals surface area contributed by atoms with E-state index in [1.54, 1.807) is 0 Å². The van der Waals surface area contributed by atoms with E-state index in [0.29, 0.717) is 6.04 Å². The highest BCUT2D eigenvalue weighted by Crippen LogP contribution is 2.34. The molecule has 2 heterocycles. The summed E-state index contributed by atoms with van der Waals surface area (Å²) in [4.78, 5) is 2.50. The Morgan fingerprint density at radius 2 is 2.38 bits per heavy atom. The molecule has 0 saturated carbocycles. The molecule has 1 fully saturated rings. The minimum absolute atomic E-state index is 0.595. The summed E-state index contributed by atoms with van der Waals surface area (Å²) in [5, 5.41) is 3.46. The molecule has 16 heavy (non-hydrogen) atoms. The van der Waals surface area contributed by atoms with Crippen LogP contribution >= 0.6 is 0 Å². The van der Waals surface area contributed by atoms with Gasteiger partial charge in [0.05, 0.1) is 12.3 Å². The zero-order valence-electron chi connectivity index (χ0n) is 9.70. The maximum atomic E-state index is 5.85. The highest BCUT2D eigenvalue weighted by molar-refractivity contribution is 5.61. The second-order valence-corrected chi connectivity index (χ2v) is 4.66. The highest BCUT2D eigenvalue weighted by Gasteiger charge is 2.27. The molecule has 0 bridgehead atoms. The molecular weight excluding hydrogens is 200 g/mol. The molecule has 1 N–H and O–H groups in total. The van der Waals surface area contributed by atoms with Gasteiger partial charge in [-0.15, -0.1) is 0 Å². The van der Waals surface area contributed by atoms with Crippen LogP contribution in [0.25, 0.3) is 0 Å². The molecule has 1 atom stereocenters. The smallest absolute Gasteiger partial charge is 0.142 e. The van der Waals surface area contributed by atoms with Crippen LogP contribution in [-0.2, 0) is 0 Å². The van der Waals surface area contributed by atoms with E-state index in [0.717, 1.165) is 38.4 Å². The van der Waals surface area contributed by atoms with E-state index in [1.807, 2.05) is 0 Å². The Hall–Kier alpha value is -1.22. The molecular formula is C13H18N2O. The molecule has 3 rings (SSSR count). The van der Waals surface area contributed by atoms with Crippen molar-refractivity contribution in [3.05, 3.63) is 23.8 Å². The SMILES string of the molecule is Cc1ccc2c(c1)OCC[C@H]1CNCCN21. The Morgan fingerprint density at radius 1 is 1.44 bits per heavy atom. The Morgan fingerprint density at radius 3 is 3.31 bits per heavy atom.